The van der Waals surface area contributed by atoms with Crippen molar-refractivity contribution in [2.24, 2.45) is 0 Å². The van der Waals surface area contributed by atoms with Gasteiger partial charge in [-0.05, 0) is 30.3 Å². The number of halogens is 2. The number of nitrogens with two attached hydrogens (primary N) is 1. The number of carbonyl (C=O) groups excluding carboxylic acids is 1. The van der Waals surface area contributed by atoms with Gasteiger partial charge in [-0.25, -0.2) is 4.79 Å². The SMILES string of the molecule is COC(=O)c1sc2cc(Cl)ccc2c1N.N#Cc1ccc(Cl)cc1[N+](=O)[O-]. The molecule has 7 nitrogen and oxygen atoms in total. The van der Waals surface area contributed by atoms with Gasteiger partial charge in [0.15, 0.2) is 0 Å². The van der Waals surface area contributed by atoms with E-state index >= 15 is 0 Å². The molecule has 0 fully saturated rings. The van der Waals surface area contributed by atoms with Crippen LogP contribution in [0.2, 0.25) is 10.0 Å². The lowest BCUT2D eigenvalue weighted by atomic mass is 10.2. The topological polar surface area (TPSA) is 119 Å². The van der Waals surface area contributed by atoms with Crippen molar-refractivity contribution in [2.75, 3.05) is 12.8 Å². The van der Waals surface area contributed by atoms with Crippen LogP contribution in [0.1, 0.15) is 15.2 Å². The summed E-state index contributed by atoms with van der Waals surface area (Å²) in [6.45, 7) is 0. The number of nitriles is 1. The Morgan fingerprint density at radius 3 is 2.48 bits per heavy atom. The molecule has 0 radical (unpaired) electrons. The molecule has 0 unspecified atom stereocenters. The highest BCUT2D eigenvalue weighted by Gasteiger charge is 2.16. The van der Waals surface area contributed by atoms with Crippen molar-refractivity contribution in [3.63, 3.8) is 0 Å². The molecule has 0 aliphatic heterocycles. The molecular formula is C17H11Cl2N3O4S. The summed E-state index contributed by atoms with van der Waals surface area (Å²) < 4.78 is 5.52. The summed E-state index contributed by atoms with van der Waals surface area (Å²) in [6, 6.07) is 10.9. The number of ether oxygens (including phenoxy) is 1. The third-order valence-electron chi connectivity index (χ3n) is 3.34. The maximum Gasteiger partial charge on any atom is 0.350 e. The first-order valence-corrected chi connectivity index (χ1v) is 8.75. The zero-order valence-corrected chi connectivity index (χ0v) is 16.1. The maximum atomic E-state index is 11.4. The van der Waals surface area contributed by atoms with Gasteiger partial charge in [-0.1, -0.05) is 23.2 Å². The van der Waals surface area contributed by atoms with Crippen molar-refractivity contribution in [1.82, 2.24) is 0 Å². The molecule has 27 heavy (non-hydrogen) atoms. The first-order valence-electron chi connectivity index (χ1n) is 7.18. The fraction of sp³-hybridized carbons (Fsp3) is 0.0588. The number of rotatable bonds is 2. The molecule has 0 atom stereocenters. The first kappa shape index (κ1) is 20.5. The van der Waals surface area contributed by atoms with E-state index in [0.29, 0.717) is 15.6 Å². The molecule has 3 rings (SSSR count). The number of benzene rings is 2. The summed E-state index contributed by atoms with van der Waals surface area (Å²) in [5.74, 6) is -0.412. The highest BCUT2D eigenvalue weighted by atomic mass is 35.5. The van der Waals surface area contributed by atoms with E-state index in [1.165, 1.54) is 30.6 Å². The van der Waals surface area contributed by atoms with E-state index in [1.54, 1.807) is 24.3 Å². The smallest absolute Gasteiger partial charge is 0.350 e. The molecule has 0 aliphatic carbocycles. The second-order valence-electron chi connectivity index (χ2n) is 5.01. The molecule has 0 amide bonds. The highest BCUT2D eigenvalue weighted by molar-refractivity contribution is 7.21. The molecule has 1 heterocycles. The lowest BCUT2D eigenvalue weighted by molar-refractivity contribution is -0.385. The van der Waals surface area contributed by atoms with Gasteiger partial charge in [0.05, 0.1) is 17.7 Å². The van der Waals surface area contributed by atoms with Gasteiger partial charge in [-0.3, -0.25) is 10.1 Å². The Morgan fingerprint density at radius 1 is 1.26 bits per heavy atom. The lowest BCUT2D eigenvalue weighted by Crippen LogP contribution is -2.01. The highest BCUT2D eigenvalue weighted by Crippen LogP contribution is 2.35. The van der Waals surface area contributed by atoms with Crippen LogP contribution >= 0.6 is 34.5 Å². The summed E-state index contributed by atoms with van der Waals surface area (Å²) in [6.07, 6.45) is 0. The zero-order valence-electron chi connectivity index (χ0n) is 13.7. The van der Waals surface area contributed by atoms with Gasteiger partial charge in [0.1, 0.15) is 16.5 Å². The fourth-order valence-corrected chi connectivity index (χ4v) is 3.57. The van der Waals surface area contributed by atoms with Crippen LogP contribution in [0.4, 0.5) is 11.4 Å². The monoisotopic (exact) mass is 423 g/mol. The van der Waals surface area contributed by atoms with E-state index in [-0.39, 0.29) is 16.3 Å². The minimum atomic E-state index is -0.634. The average Bonchev–Trinajstić information content (AvgIpc) is 2.97. The molecular weight excluding hydrogens is 413 g/mol. The molecule has 2 aromatic carbocycles. The van der Waals surface area contributed by atoms with Crippen LogP contribution in [-0.2, 0) is 4.74 Å². The molecule has 3 aromatic rings. The number of nitro groups is 1. The predicted molar refractivity (Wildman–Crippen MR) is 105 cm³/mol. The molecule has 0 saturated heterocycles. The van der Waals surface area contributed by atoms with Crippen LogP contribution in [0, 0.1) is 21.4 Å². The van der Waals surface area contributed by atoms with Crippen molar-refractivity contribution in [3.05, 3.63) is 67.0 Å². The summed E-state index contributed by atoms with van der Waals surface area (Å²) >= 11 is 12.6. The number of anilines is 1. The number of nitro benzene ring substituents is 1. The molecule has 2 N–H and O–H groups in total. The van der Waals surface area contributed by atoms with Crippen LogP contribution in [0.3, 0.4) is 0 Å². The Kier molecular flexibility index (Phi) is 6.58. The number of esters is 1. The third-order valence-corrected chi connectivity index (χ3v) is 4.96. The van der Waals surface area contributed by atoms with Crippen molar-refractivity contribution >= 4 is 62.0 Å². The number of methoxy groups -OCH3 is 1. The standard InChI is InChI=1S/C10H8ClNO2S.C7H3ClN2O2/c1-14-10(13)9-8(12)6-3-2-5(11)4-7(6)15-9;8-6-2-1-5(4-9)7(3-6)10(11)12/h2-4H,12H2,1H3;1-3H. The number of nitrogen functional groups attached to an aromatic ring is 1. The molecule has 0 saturated carbocycles. The van der Waals surface area contributed by atoms with Crippen molar-refractivity contribution in [2.45, 2.75) is 0 Å². The fourth-order valence-electron chi connectivity index (χ4n) is 2.09. The summed E-state index contributed by atoms with van der Waals surface area (Å²) in [4.78, 5) is 21.5. The number of nitrogens with zero attached hydrogens (tertiary/aromatic N) is 2. The molecule has 0 spiro atoms. The van der Waals surface area contributed by atoms with Gasteiger partial charge in [0, 0.05) is 26.2 Å². The quantitative estimate of drug-likeness (QED) is 0.350. The largest absolute Gasteiger partial charge is 0.465 e. The second-order valence-corrected chi connectivity index (χ2v) is 6.93. The van der Waals surface area contributed by atoms with E-state index in [1.807, 2.05) is 0 Å². The molecule has 138 valence electrons. The summed E-state index contributed by atoms with van der Waals surface area (Å²) in [5, 5.41) is 20.5. The van der Waals surface area contributed by atoms with E-state index in [9.17, 15) is 14.9 Å². The maximum absolute atomic E-state index is 11.4. The average molecular weight is 424 g/mol. The first-order chi connectivity index (χ1) is 12.8. The van der Waals surface area contributed by atoms with Crippen molar-refractivity contribution in [1.29, 1.82) is 5.26 Å². The van der Waals surface area contributed by atoms with E-state index < -0.39 is 10.9 Å². The Hall–Kier alpha value is -2.86. The summed E-state index contributed by atoms with van der Waals surface area (Å²) in [7, 11) is 1.33. The number of thiophene rings is 1. The van der Waals surface area contributed by atoms with Crippen LogP contribution < -0.4 is 5.73 Å². The lowest BCUT2D eigenvalue weighted by Gasteiger charge is -1.95. The normalized spacial score (nSPS) is 9.85. The molecule has 1 aromatic heterocycles. The van der Waals surface area contributed by atoms with E-state index in [0.717, 1.165) is 16.2 Å². The van der Waals surface area contributed by atoms with Gasteiger partial charge in [0.25, 0.3) is 5.69 Å². The van der Waals surface area contributed by atoms with Crippen molar-refractivity contribution < 1.29 is 14.5 Å². The minimum Gasteiger partial charge on any atom is -0.465 e. The Labute approximate surface area is 167 Å². The van der Waals surface area contributed by atoms with Gasteiger partial charge in [-0.15, -0.1) is 11.3 Å². The Bertz CT molecular complexity index is 1080. The second kappa shape index (κ2) is 8.68. The number of hydrogen-bond donors (Lipinski definition) is 1. The van der Waals surface area contributed by atoms with Gasteiger partial charge < -0.3 is 10.5 Å². The minimum absolute atomic E-state index is 0.0180. The van der Waals surface area contributed by atoms with Crippen LogP contribution in [0.25, 0.3) is 10.1 Å². The molecule has 0 aliphatic rings. The number of hydrogen-bond acceptors (Lipinski definition) is 7. The van der Waals surface area contributed by atoms with Gasteiger partial charge in [-0.2, -0.15) is 5.26 Å². The Balaban J connectivity index is 0.000000199. The number of fused-ring (bicyclic) bond motifs is 1. The van der Waals surface area contributed by atoms with Gasteiger partial charge in [0.2, 0.25) is 0 Å². The predicted octanol–water partition coefficient (Wildman–Crippen LogP) is 5.04. The third kappa shape index (κ3) is 4.65. The summed E-state index contributed by atoms with van der Waals surface area (Å²) in [5.41, 5.74) is 6.05. The van der Waals surface area contributed by atoms with E-state index in [2.05, 4.69) is 4.74 Å². The van der Waals surface area contributed by atoms with Crippen LogP contribution in [0.5, 0.6) is 0 Å². The van der Waals surface area contributed by atoms with E-state index in [4.69, 9.17) is 34.2 Å². The molecule has 0 bridgehead atoms. The zero-order chi connectivity index (χ0) is 20.1. The van der Waals surface area contributed by atoms with Crippen LogP contribution in [-0.4, -0.2) is 18.0 Å². The molecule has 10 heteroatoms. The van der Waals surface area contributed by atoms with Crippen LogP contribution in [0.15, 0.2) is 36.4 Å². The van der Waals surface area contributed by atoms with Gasteiger partial charge >= 0.3 is 5.97 Å². The number of carbonyl (C=O) groups is 1. The Morgan fingerprint density at radius 2 is 1.89 bits per heavy atom. The van der Waals surface area contributed by atoms with Crippen molar-refractivity contribution in [3.8, 4) is 6.07 Å².